The van der Waals surface area contributed by atoms with Gasteiger partial charge in [-0.05, 0) is 35.9 Å². The zero-order valence-corrected chi connectivity index (χ0v) is 13.6. The van der Waals surface area contributed by atoms with Gasteiger partial charge in [0.25, 0.3) is 0 Å². The van der Waals surface area contributed by atoms with Crippen LogP contribution in [-0.4, -0.2) is 4.21 Å². The predicted molar refractivity (Wildman–Crippen MR) is 85.1 cm³/mol. The van der Waals surface area contributed by atoms with Crippen LogP contribution in [0.5, 0.6) is 0 Å². The minimum absolute atomic E-state index is 0.315. The summed E-state index contributed by atoms with van der Waals surface area (Å²) in [6, 6.07) is 10.4. The van der Waals surface area contributed by atoms with Crippen LogP contribution < -0.4 is 5.73 Å². The van der Waals surface area contributed by atoms with Crippen molar-refractivity contribution < 1.29 is 4.21 Å². The molecule has 0 radical (unpaired) electrons. The lowest BCUT2D eigenvalue weighted by Crippen LogP contribution is -1.99. The van der Waals surface area contributed by atoms with Crippen molar-refractivity contribution in [3.05, 3.63) is 56.5 Å². The lowest BCUT2D eigenvalue weighted by Gasteiger charge is -2.07. The molecule has 0 aliphatic rings. The van der Waals surface area contributed by atoms with E-state index in [9.17, 15) is 4.21 Å². The third-order valence-corrected chi connectivity index (χ3v) is 5.19. The maximum Gasteiger partial charge on any atom is 0.0589 e. The van der Waals surface area contributed by atoms with E-state index in [1.54, 1.807) is 24.3 Å². The highest BCUT2D eigenvalue weighted by Crippen LogP contribution is 2.27. The molecule has 6 heteroatoms. The van der Waals surface area contributed by atoms with Gasteiger partial charge in [-0.15, -0.1) is 0 Å². The smallest absolute Gasteiger partial charge is 0.0589 e. The molecule has 0 spiro atoms. The highest BCUT2D eigenvalue weighted by molar-refractivity contribution is 9.10. The van der Waals surface area contributed by atoms with Gasteiger partial charge in [-0.2, -0.15) is 0 Å². The van der Waals surface area contributed by atoms with E-state index in [0.29, 0.717) is 26.4 Å². The van der Waals surface area contributed by atoms with E-state index in [2.05, 4.69) is 15.9 Å². The number of hydrogen-bond donors (Lipinski definition) is 1. The molecule has 0 saturated heterocycles. The van der Waals surface area contributed by atoms with Crippen molar-refractivity contribution in [1.29, 1.82) is 0 Å². The summed E-state index contributed by atoms with van der Waals surface area (Å²) < 4.78 is 13.2. The van der Waals surface area contributed by atoms with E-state index >= 15 is 0 Å². The van der Waals surface area contributed by atoms with Gasteiger partial charge in [-0.25, -0.2) is 0 Å². The van der Waals surface area contributed by atoms with E-state index in [4.69, 9.17) is 28.9 Å². The van der Waals surface area contributed by atoms with Crippen LogP contribution in [0.15, 0.2) is 45.8 Å². The van der Waals surface area contributed by atoms with Crippen molar-refractivity contribution in [2.75, 3.05) is 5.73 Å². The molecular weight excluding hydrogens is 369 g/mol. The lowest BCUT2D eigenvalue weighted by molar-refractivity contribution is 0.682. The van der Waals surface area contributed by atoms with Crippen molar-refractivity contribution in [1.82, 2.24) is 0 Å². The summed E-state index contributed by atoms with van der Waals surface area (Å²) in [6.07, 6.45) is 0. The van der Waals surface area contributed by atoms with E-state index in [1.807, 2.05) is 12.1 Å². The SMILES string of the molecule is Nc1ccc(S(=O)Cc2ccc(Br)cc2Cl)c(Cl)c1. The molecule has 2 nitrogen and oxygen atoms in total. The first-order chi connectivity index (χ1) is 8.97. The molecule has 1 unspecified atom stereocenters. The largest absolute Gasteiger partial charge is 0.399 e. The maximum atomic E-state index is 12.3. The highest BCUT2D eigenvalue weighted by atomic mass is 79.9. The molecule has 0 aliphatic carbocycles. The van der Waals surface area contributed by atoms with Gasteiger partial charge in [0.05, 0.1) is 26.5 Å². The van der Waals surface area contributed by atoms with Crippen molar-refractivity contribution in [2.45, 2.75) is 10.6 Å². The fraction of sp³-hybridized carbons (Fsp3) is 0.0769. The summed E-state index contributed by atoms with van der Waals surface area (Å²) in [4.78, 5) is 0.565. The first kappa shape index (κ1) is 14.9. The molecule has 2 rings (SSSR count). The zero-order chi connectivity index (χ0) is 14.0. The van der Waals surface area contributed by atoms with Gasteiger partial charge >= 0.3 is 0 Å². The number of nitrogen functional groups attached to an aromatic ring is 1. The van der Waals surface area contributed by atoms with Crippen LogP contribution in [0.1, 0.15) is 5.56 Å². The third kappa shape index (κ3) is 3.72. The van der Waals surface area contributed by atoms with Crippen molar-refractivity contribution >= 4 is 55.6 Å². The number of hydrogen-bond acceptors (Lipinski definition) is 2. The van der Waals surface area contributed by atoms with Gasteiger partial charge in [0.15, 0.2) is 0 Å². The Morgan fingerprint density at radius 1 is 1.11 bits per heavy atom. The second-order valence-electron chi connectivity index (χ2n) is 3.92. The van der Waals surface area contributed by atoms with Gasteiger partial charge in [-0.1, -0.05) is 45.2 Å². The number of rotatable bonds is 3. The summed E-state index contributed by atoms with van der Waals surface area (Å²) in [7, 11) is -1.26. The van der Waals surface area contributed by atoms with Crippen LogP contribution in [0.3, 0.4) is 0 Å². The standard InChI is InChI=1S/C13H10BrCl2NOS/c14-9-2-1-8(11(15)5-9)7-19(18)13-4-3-10(17)6-12(13)16/h1-6H,7,17H2. The van der Waals surface area contributed by atoms with Crippen LogP contribution in [0.25, 0.3) is 0 Å². The molecule has 2 aromatic carbocycles. The predicted octanol–water partition coefficient (Wildman–Crippen LogP) is 4.65. The molecule has 0 fully saturated rings. The molecule has 2 N–H and O–H groups in total. The van der Waals surface area contributed by atoms with Gasteiger partial charge in [0.1, 0.15) is 0 Å². The molecule has 100 valence electrons. The maximum absolute atomic E-state index is 12.3. The quantitative estimate of drug-likeness (QED) is 0.790. The molecule has 1 atom stereocenters. The number of halogens is 3. The molecule has 0 saturated carbocycles. The number of benzene rings is 2. The highest BCUT2D eigenvalue weighted by Gasteiger charge is 2.12. The van der Waals surface area contributed by atoms with E-state index < -0.39 is 10.8 Å². The normalized spacial score (nSPS) is 12.4. The Kier molecular flexibility index (Phi) is 4.90. The summed E-state index contributed by atoms with van der Waals surface area (Å²) in [5.41, 5.74) is 6.98. The van der Waals surface area contributed by atoms with Crippen LogP contribution >= 0.6 is 39.1 Å². The average molecular weight is 379 g/mol. The molecular formula is C13H10BrCl2NOS. The molecule has 2 aromatic rings. The minimum atomic E-state index is -1.26. The Bertz CT molecular complexity index is 649. The summed E-state index contributed by atoms with van der Waals surface area (Å²) >= 11 is 15.5. The Morgan fingerprint density at radius 2 is 1.84 bits per heavy atom. The first-order valence-corrected chi connectivity index (χ1v) is 8.21. The van der Waals surface area contributed by atoms with E-state index in [-0.39, 0.29) is 0 Å². The van der Waals surface area contributed by atoms with Crippen LogP contribution in [0.2, 0.25) is 10.0 Å². The number of nitrogens with two attached hydrogens (primary N) is 1. The van der Waals surface area contributed by atoms with Gasteiger partial charge < -0.3 is 5.73 Å². The van der Waals surface area contributed by atoms with E-state index in [0.717, 1.165) is 10.0 Å². The van der Waals surface area contributed by atoms with Crippen LogP contribution in [0.4, 0.5) is 5.69 Å². The zero-order valence-electron chi connectivity index (χ0n) is 9.70. The lowest BCUT2D eigenvalue weighted by atomic mass is 10.2. The Balaban J connectivity index is 2.25. The second kappa shape index (κ2) is 6.27. The van der Waals surface area contributed by atoms with Crippen molar-refractivity contribution in [2.24, 2.45) is 0 Å². The van der Waals surface area contributed by atoms with Crippen molar-refractivity contribution in [3.63, 3.8) is 0 Å². The molecule has 0 aliphatic heterocycles. The monoisotopic (exact) mass is 377 g/mol. The second-order valence-corrected chi connectivity index (χ2v) is 7.07. The summed E-state index contributed by atoms with van der Waals surface area (Å²) in [5, 5.41) is 0.987. The van der Waals surface area contributed by atoms with Crippen molar-refractivity contribution in [3.8, 4) is 0 Å². The fourth-order valence-electron chi connectivity index (χ4n) is 1.56. The number of anilines is 1. The van der Waals surface area contributed by atoms with Crippen LogP contribution in [0, 0.1) is 0 Å². The molecule has 0 aromatic heterocycles. The first-order valence-electron chi connectivity index (χ1n) is 5.34. The fourth-order valence-corrected chi connectivity index (χ4v) is 4.01. The average Bonchev–Trinajstić information content (AvgIpc) is 2.32. The topological polar surface area (TPSA) is 43.1 Å². The minimum Gasteiger partial charge on any atom is -0.399 e. The Labute approximate surface area is 132 Å². The van der Waals surface area contributed by atoms with Gasteiger partial charge in [0.2, 0.25) is 0 Å². The molecule has 19 heavy (non-hydrogen) atoms. The molecule has 0 heterocycles. The Hall–Kier alpha value is -0.550. The summed E-state index contributed by atoms with van der Waals surface area (Å²) in [5.74, 6) is 0.315. The Morgan fingerprint density at radius 3 is 2.47 bits per heavy atom. The van der Waals surface area contributed by atoms with Gasteiger partial charge in [-0.3, -0.25) is 4.21 Å². The summed E-state index contributed by atoms with van der Waals surface area (Å²) in [6.45, 7) is 0. The molecule has 0 bridgehead atoms. The van der Waals surface area contributed by atoms with Crippen LogP contribution in [-0.2, 0) is 16.6 Å². The third-order valence-electron chi connectivity index (χ3n) is 2.50. The molecule has 0 amide bonds. The van der Waals surface area contributed by atoms with Gasteiger partial charge in [0, 0.05) is 15.2 Å². The van der Waals surface area contributed by atoms with E-state index in [1.165, 1.54) is 0 Å².